The molecule has 0 spiro atoms. The molecular weight excluding hydrogens is 302 g/mol. The van der Waals surface area contributed by atoms with Gasteiger partial charge in [-0.15, -0.1) is 0 Å². The molecule has 0 aromatic heterocycles. The van der Waals surface area contributed by atoms with Gasteiger partial charge in [0.05, 0.1) is 11.6 Å². The summed E-state index contributed by atoms with van der Waals surface area (Å²) < 4.78 is 6.28. The molecule has 1 aliphatic rings. The SMILES string of the molecule is COc1ccc(CNC2CCC(C)(C)CC2)cc1Br. The number of benzene rings is 1. The highest BCUT2D eigenvalue weighted by Gasteiger charge is 2.26. The molecule has 1 N–H and O–H groups in total. The maximum absolute atomic E-state index is 5.25. The minimum atomic E-state index is 0.543. The predicted octanol–water partition coefficient (Wildman–Crippen LogP) is 4.52. The van der Waals surface area contributed by atoms with Crippen molar-refractivity contribution in [1.82, 2.24) is 5.32 Å². The van der Waals surface area contributed by atoms with E-state index in [1.807, 2.05) is 6.07 Å². The van der Waals surface area contributed by atoms with E-state index in [4.69, 9.17) is 4.74 Å². The Balaban J connectivity index is 1.84. The first kappa shape index (κ1) is 14.9. The van der Waals surface area contributed by atoms with E-state index >= 15 is 0 Å². The summed E-state index contributed by atoms with van der Waals surface area (Å²) in [4.78, 5) is 0. The van der Waals surface area contributed by atoms with E-state index < -0.39 is 0 Å². The highest BCUT2D eigenvalue weighted by molar-refractivity contribution is 9.10. The number of halogens is 1. The molecule has 0 bridgehead atoms. The number of rotatable bonds is 4. The standard InChI is InChI=1S/C16H24BrNO/c1-16(2)8-6-13(7-9-16)18-11-12-4-5-15(19-3)14(17)10-12/h4-5,10,13,18H,6-9,11H2,1-3H3. The first-order valence-electron chi connectivity index (χ1n) is 7.06. The topological polar surface area (TPSA) is 21.3 Å². The van der Waals surface area contributed by atoms with Gasteiger partial charge in [0.1, 0.15) is 5.75 Å². The summed E-state index contributed by atoms with van der Waals surface area (Å²) in [5.41, 5.74) is 1.85. The van der Waals surface area contributed by atoms with E-state index in [0.29, 0.717) is 11.5 Å². The lowest BCUT2D eigenvalue weighted by Crippen LogP contribution is -2.35. The van der Waals surface area contributed by atoms with Crippen LogP contribution in [0.3, 0.4) is 0 Å². The van der Waals surface area contributed by atoms with Crippen LogP contribution in [0.15, 0.2) is 22.7 Å². The van der Waals surface area contributed by atoms with Crippen molar-refractivity contribution < 1.29 is 4.74 Å². The Bertz CT molecular complexity index is 421. The van der Waals surface area contributed by atoms with E-state index in [0.717, 1.165) is 16.8 Å². The van der Waals surface area contributed by atoms with Crippen LogP contribution in [0.25, 0.3) is 0 Å². The highest BCUT2D eigenvalue weighted by atomic mass is 79.9. The molecular formula is C16H24BrNO. The monoisotopic (exact) mass is 325 g/mol. The molecule has 3 heteroatoms. The van der Waals surface area contributed by atoms with Crippen molar-refractivity contribution in [3.05, 3.63) is 28.2 Å². The Labute approximate surface area is 125 Å². The van der Waals surface area contributed by atoms with Gasteiger partial charge in [0.2, 0.25) is 0 Å². The zero-order valence-electron chi connectivity index (χ0n) is 12.1. The van der Waals surface area contributed by atoms with Crippen LogP contribution in [-0.2, 0) is 6.54 Å². The van der Waals surface area contributed by atoms with Crippen molar-refractivity contribution in [3.63, 3.8) is 0 Å². The summed E-state index contributed by atoms with van der Waals surface area (Å²) in [6, 6.07) is 6.96. The zero-order valence-corrected chi connectivity index (χ0v) is 13.7. The van der Waals surface area contributed by atoms with Gasteiger partial charge in [0.25, 0.3) is 0 Å². The average Bonchev–Trinajstić information content (AvgIpc) is 2.38. The van der Waals surface area contributed by atoms with Gasteiger partial charge < -0.3 is 10.1 Å². The van der Waals surface area contributed by atoms with Gasteiger partial charge in [0.15, 0.2) is 0 Å². The predicted molar refractivity (Wildman–Crippen MR) is 83.6 cm³/mol. The molecule has 1 saturated carbocycles. The van der Waals surface area contributed by atoms with Crippen molar-refractivity contribution in [2.45, 2.75) is 52.1 Å². The molecule has 0 saturated heterocycles. The summed E-state index contributed by atoms with van der Waals surface area (Å²) in [5, 5.41) is 3.68. The van der Waals surface area contributed by atoms with Crippen molar-refractivity contribution in [2.24, 2.45) is 5.41 Å². The minimum absolute atomic E-state index is 0.543. The van der Waals surface area contributed by atoms with Gasteiger partial charge in [-0.2, -0.15) is 0 Å². The van der Waals surface area contributed by atoms with Crippen molar-refractivity contribution >= 4 is 15.9 Å². The van der Waals surface area contributed by atoms with Gasteiger partial charge in [0, 0.05) is 12.6 Å². The number of nitrogens with one attached hydrogen (secondary N) is 1. The molecule has 19 heavy (non-hydrogen) atoms. The van der Waals surface area contributed by atoms with Crippen LogP contribution in [0.4, 0.5) is 0 Å². The largest absolute Gasteiger partial charge is 0.496 e. The molecule has 0 heterocycles. The zero-order chi connectivity index (χ0) is 13.9. The van der Waals surface area contributed by atoms with Gasteiger partial charge in [-0.25, -0.2) is 0 Å². The van der Waals surface area contributed by atoms with E-state index in [9.17, 15) is 0 Å². The number of ether oxygens (including phenoxy) is 1. The van der Waals surface area contributed by atoms with E-state index in [2.05, 4.69) is 47.2 Å². The number of methoxy groups -OCH3 is 1. The Hall–Kier alpha value is -0.540. The first-order chi connectivity index (χ1) is 9.00. The van der Waals surface area contributed by atoms with Gasteiger partial charge in [-0.05, 0) is 64.7 Å². The van der Waals surface area contributed by atoms with E-state index in [1.54, 1.807) is 7.11 Å². The molecule has 1 aromatic carbocycles. The summed E-state index contributed by atoms with van der Waals surface area (Å²) in [6.45, 7) is 5.70. The van der Waals surface area contributed by atoms with Crippen LogP contribution in [0.1, 0.15) is 45.1 Å². The maximum atomic E-state index is 5.25. The number of hydrogen-bond acceptors (Lipinski definition) is 2. The second kappa shape index (κ2) is 6.27. The highest BCUT2D eigenvalue weighted by Crippen LogP contribution is 2.35. The van der Waals surface area contributed by atoms with Crippen LogP contribution in [0.5, 0.6) is 5.75 Å². The molecule has 106 valence electrons. The normalized spacial score (nSPS) is 19.4. The van der Waals surface area contributed by atoms with Crippen LogP contribution in [0.2, 0.25) is 0 Å². The molecule has 0 unspecified atom stereocenters. The smallest absolute Gasteiger partial charge is 0.133 e. The fourth-order valence-corrected chi connectivity index (χ4v) is 3.27. The summed E-state index contributed by atoms with van der Waals surface area (Å²) >= 11 is 3.54. The summed E-state index contributed by atoms with van der Waals surface area (Å²) in [5.74, 6) is 0.892. The van der Waals surface area contributed by atoms with Crippen LogP contribution in [0, 0.1) is 5.41 Å². The van der Waals surface area contributed by atoms with Gasteiger partial charge in [-0.1, -0.05) is 19.9 Å². The lowest BCUT2D eigenvalue weighted by atomic mass is 9.75. The third-order valence-electron chi connectivity index (χ3n) is 4.15. The number of hydrogen-bond donors (Lipinski definition) is 1. The second-order valence-corrected chi connectivity index (χ2v) is 7.14. The third-order valence-corrected chi connectivity index (χ3v) is 4.77. The minimum Gasteiger partial charge on any atom is -0.496 e. The molecule has 1 fully saturated rings. The fraction of sp³-hybridized carbons (Fsp3) is 0.625. The Kier molecular flexibility index (Phi) is 4.91. The fourth-order valence-electron chi connectivity index (χ4n) is 2.69. The Morgan fingerprint density at radius 2 is 2.00 bits per heavy atom. The third kappa shape index (κ3) is 4.22. The molecule has 0 amide bonds. The lowest BCUT2D eigenvalue weighted by molar-refractivity contribution is 0.206. The second-order valence-electron chi connectivity index (χ2n) is 6.29. The van der Waals surface area contributed by atoms with Crippen LogP contribution >= 0.6 is 15.9 Å². The molecule has 0 aliphatic heterocycles. The van der Waals surface area contributed by atoms with Gasteiger partial charge in [-0.3, -0.25) is 0 Å². The average molecular weight is 326 g/mol. The van der Waals surface area contributed by atoms with Crippen molar-refractivity contribution in [1.29, 1.82) is 0 Å². The Morgan fingerprint density at radius 3 is 2.58 bits per heavy atom. The van der Waals surface area contributed by atoms with Gasteiger partial charge >= 0.3 is 0 Å². The molecule has 2 nitrogen and oxygen atoms in total. The molecule has 1 aromatic rings. The van der Waals surface area contributed by atoms with Crippen LogP contribution < -0.4 is 10.1 Å². The molecule has 0 atom stereocenters. The molecule has 2 rings (SSSR count). The summed E-state index contributed by atoms with van der Waals surface area (Å²) in [7, 11) is 1.70. The maximum Gasteiger partial charge on any atom is 0.133 e. The summed E-state index contributed by atoms with van der Waals surface area (Å²) in [6.07, 6.45) is 5.25. The quantitative estimate of drug-likeness (QED) is 0.878. The van der Waals surface area contributed by atoms with Crippen molar-refractivity contribution in [2.75, 3.05) is 7.11 Å². The lowest BCUT2D eigenvalue weighted by Gasteiger charge is -2.34. The van der Waals surface area contributed by atoms with E-state index in [-0.39, 0.29) is 0 Å². The molecule has 0 radical (unpaired) electrons. The van der Waals surface area contributed by atoms with Crippen molar-refractivity contribution in [3.8, 4) is 5.75 Å². The first-order valence-corrected chi connectivity index (χ1v) is 7.85. The van der Waals surface area contributed by atoms with E-state index in [1.165, 1.54) is 31.2 Å². The Morgan fingerprint density at radius 1 is 1.32 bits per heavy atom. The van der Waals surface area contributed by atoms with Crippen LogP contribution in [-0.4, -0.2) is 13.2 Å². The molecule has 1 aliphatic carbocycles.